The summed E-state index contributed by atoms with van der Waals surface area (Å²) in [5.41, 5.74) is 0. The van der Waals surface area contributed by atoms with E-state index in [1.807, 2.05) is 0 Å². The Morgan fingerprint density at radius 3 is 1.92 bits per heavy atom. The normalized spacial score (nSPS) is 38.3. The second kappa shape index (κ2) is 2.59. The van der Waals surface area contributed by atoms with Crippen LogP contribution in [-0.4, -0.2) is 21.6 Å². The summed E-state index contributed by atoms with van der Waals surface area (Å²) in [6.45, 7) is 0. The number of rotatable bonds is 2. The molecule has 12 heavy (non-hydrogen) atoms. The third kappa shape index (κ3) is 1.01. The maximum Gasteiger partial charge on any atom is 0.261 e. The Morgan fingerprint density at radius 1 is 1.42 bits per heavy atom. The molecule has 7 heteroatoms. The summed E-state index contributed by atoms with van der Waals surface area (Å²) in [5.74, 6) is -3.50. The Labute approximate surface area is 81.4 Å². The van der Waals surface area contributed by atoms with Crippen LogP contribution in [0.2, 0.25) is 0 Å². The van der Waals surface area contributed by atoms with Crippen LogP contribution in [0.3, 0.4) is 0 Å². The summed E-state index contributed by atoms with van der Waals surface area (Å²) in [6, 6.07) is 0. The van der Waals surface area contributed by atoms with Crippen molar-refractivity contribution < 1.29 is 18.7 Å². The summed E-state index contributed by atoms with van der Waals surface area (Å²) in [6.07, 6.45) is -3.10. The van der Waals surface area contributed by atoms with Crippen LogP contribution >= 0.6 is 34.8 Å². The molecule has 0 radical (unpaired) electrons. The van der Waals surface area contributed by atoms with Gasteiger partial charge in [0, 0.05) is 5.97 Å². The first kappa shape index (κ1) is 10.3. The topological polar surface area (TPSA) is 40.1 Å². The predicted octanol–water partition coefficient (Wildman–Crippen LogP) is 0.783. The lowest BCUT2D eigenvalue weighted by Crippen LogP contribution is -2.30. The maximum absolute atomic E-state index is 12.1. The van der Waals surface area contributed by atoms with Crippen LogP contribution < -0.4 is 5.11 Å². The zero-order chi connectivity index (χ0) is 9.73. The lowest BCUT2D eigenvalue weighted by Gasteiger charge is -2.06. The van der Waals surface area contributed by atoms with Gasteiger partial charge in [-0.2, -0.15) is 0 Å². The van der Waals surface area contributed by atoms with Gasteiger partial charge in [-0.25, -0.2) is 8.78 Å². The van der Waals surface area contributed by atoms with Gasteiger partial charge < -0.3 is 9.90 Å². The van der Waals surface area contributed by atoms with Gasteiger partial charge in [-0.05, 0) is 0 Å². The number of hydrogen-bond acceptors (Lipinski definition) is 2. The third-order valence-corrected chi connectivity index (χ3v) is 3.70. The zero-order valence-electron chi connectivity index (χ0n) is 5.36. The van der Waals surface area contributed by atoms with Gasteiger partial charge in [0.1, 0.15) is 4.87 Å². The first-order chi connectivity index (χ1) is 5.26. The molecule has 0 bridgehead atoms. The molecule has 0 N–H and O–H groups in total. The highest BCUT2D eigenvalue weighted by Crippen LogP contribution is 2.68. The maximum atomic E-state index is 12.1. The fourth-order valence-corrected chi connectivity index (χ4v) is 2.20. The molecule has 2 atom stereocenters. The molecule has 2 nitrogen and oxygen atoms in total. The first-order valence-electron chi connectivity index (χ1n) is 2.82. The van der Waals surface area contributed by atoms with Gasteiger partial charge >= 0.3 is 0 Å². The van der Waals surface area contributed by atoms with Gasteiger partial charge in [0.25, 0.3) is 6.43 Å². The van der Waals surface area contributed by atoms with Gasteiger partial charge in [-0.1, -0.05) is 23.2 Å². The Kier molecular flexibility index (Phi) is 2.22. The Morgan fingerprint density at radius 2 is 1.83 bits per heavy atom. The van der Waals surface area contributed by atoms with Crippen LogP contribution in [-0.2, 0) is 4.79 Å². The summed E-state index contributed by atoms with van der Waals surface area (Å²) < 4.78 is 22.1. The fourth-order valence-electron chi connectivity index (χ4n) is 0.984. The van der Waals surface area contributed by atoms with Crippen LogP contribution in [0.4, 0.5) is 8.78 Å². The van der Waals surface area contributed by atoms with Crippen molar-refractivity contribution in [2.75, 3.05) is 0 Å². The number of carboxylic acid groups (broad SMARTS) is 1. The Balaban J connectivity index is 2.92. The average Bonchev–Trinajstić information content (AvgIpc) is 2.28. The molecule has 1 aliphatic rings. The van der Waals surface area contributed by atoms with E-state index >= 15 is 0 Å². The lowest BCUT2D eigenvalue weighted by molar-refractivity contribution is -0.308. The standard InChI is InChI=1S/C5H3Cl3F2O2/c6-4(3(9)10)1(2(11)12)5(4,7)8/h1,3H,(H,11,12)/p-1. The zero-order valence-corrected chi connectivity index (χ0v) is 7.63. The summed E-state index contributed by atoms with van der Waals surface area (Å²) in [7, 11) is 0. The highest BCUT2D eigenvalue weighted by molar-refractivity contribution is 6.60. The average molecular weight is 238 g/mol. The van der Waals surface area contributed by atoms with E-state index in [9.17, 15) is 18.7 Å². The second-order valence-electron chi connectivity index (χ2n) is 2.44. The SMILES string of the molecule is O=C([O-])C1C(Cl)(Cl)C1(Cl)C(F)F. The number of carbonyl (C=O) groups excluding carboxylic acids is 1. The van der Waals surface area contributed by atoms with Crippen molar-refractivity contribution in [1.82, 2.24) is 0 Å². The largest absolute Gasteiger partial charge is 0.550 e. The molecule has 1 fully saturated rings. The lowest BCUT2D eigenvalue weighted by atomic mass is 10.3. The Hall–Kier alpha value is 0.200. The molecule has 0 amide bonds. The van der Waals surface area contributed by atoms with Crippen molar-refractivity contribution in [3.05, 3.63) is 0 Å². The van der Waals surface area contributed by atoms with E-state index in [0.717, 1.165) is 0 Å². The second-order valence-corrected chi connectivity index (χ2v) is 4.46. The van der Waals surface area contributed by atoms with E-state index in [4.69, 9.17) is 34.8 Å². The number of halogens is 5. The van der Waals surface area contributed by atoms with Gasteiger partial charge in [0.2, 0.25) is 0 Å². The third-order valence-electron chi connectivity index (χ3n) is 1.76. The molecular weight excluding hydrogens is 236 g/mol. The number of carbonyl (C=O) groups is 1. The molecule has 0 aromatic heterocycles. The minimum absolute atomic E-state index is 1.73. The molecule has 1 saturated carbocycles. The van der Waals surface area contributed by atoms with Crippen molar-refractivity contribution in [3.8, 4) is 0 Å². The minimum atomic E-state index is -3.10. The van der Waals surface area contributed by atoms with Gasteiger partial charge in [-0.15, -0.1) is 11.6 Å². The number of alkyl halides is 5. The van der Waals surface area contributed by atoms with Crippen molar-refractivity contribution in [3.63, 3.8) is 0 Å². The monoisotopic (exact) mass is 237 g/mol. The molecule has 1 aliphatic carbocycles. The summed E-state index contributed by atoms with van der Waals surface area (Å²) in [5, 5.41) is 10.2. The van der Waals surface area contributed by atoms with Crippen molar-refractivity contribution in [2.24, 2.45) is 5.92 Å². The van der Waals surface area contributed by atoms with E-state index in [0.29, 0.717) is 0 Å². The van der Waals surface area contributed by atoms with Crippen LogP contribution in [0.5, 0.6) is 0 Å². The van der Waals surface area contributed by atoms with Crippen LogP contribution in [0.1, 0.15) is 0 Å². The van der Waals surface area contributed by atoms with Gasteiger partial charge in [-0.3, -0.25) is 0 Å². The van der Waals surface area contributed by atoms with E-state index in [-0.39, 0.29) is 0 Å². The molecule has 2 unspecified atom stereocenters. The fraction of sp³-hybridized carbons (Fsp3) is 0.800. The van der Waals surface area contributed by atoms with E-state index in [2.05, 4.69) is 0 Å². The van der Waals surface area contributed by atoms with Crippen molar-refractivity contribution in [2.45, 2.75) is 15.6 Å². The molecule has 0 spiro atoms. The summed E-state index contributed by atoms with van der Waals surface area (Å²) >= 11 is 15.7. The molecule has 70 valence electrons. The quantitative estimate of drug-likeness (QED) is 0.667. The summed E-state index contributed by atoms with van der Waals surface area (Å²) in [4.78, 5) is 7.79. The van der Waals surface area contributed by atoms with Crippen LogP contribution in [0.15, 0.2) is 0 Å². The highest BCUT2D eigenvalue weighted by atomic mass is 35.5. The Bertz CT molecular complexity index is 233. The van der Waals surface area contributed by atoms with Crippen molar-refractivity contribution >= 4 is 40.8 Å². The minimum Gasteiger partial charge on any atom is -0.550 e. The predicted molar refractivity (Wildman–Crippen MR) is 37.5 cm³/mol. The number of hydrogen-bond donors (Lipinski definition) is 0. The molecule has 0 heterocycles. The van der Waals surface area contributed by atoms with Crippen molar-refractivity contribution in [1.29, 1.82) is 0 Å². The highest BCUT2D eigenvalue weighted by Gasteiger charge is 2.81. The molecular formula is C5H2Cl3F2O2-. The number of aliphatic carboxylic acids is 1. The molecule has 1 rings (SSSR count). The van der Waals surface area contributed by atoms with E-state index in [1.165, 1.54) is 0 Å². The van der Waals surface area contributed by atoms with E-state index in [1.54, 1.807) is 0 Å². The van der Waals surface area contributed by atoms with Crippen LogP contribution in [0.25, 0.3) is 0 Å². The molecule has 0 saturated heterocycles. The molecule has 0 aromatic carbocycles. The van der Waals surface area contributed by atoms with Crippen LogP contribution in [0, 0.1) is 5.92 Å². The smallest absolute Gasteiger partial charge is 0.261 e. The number of carboxylic acids is 1. The van der Waals surface area contributed by atoms with Gasteiger partial charge in [0.05, 0.1) is 5.92 Å². The van der Waals surface area contributed by atoms with Gasteiger partial charge in [0.15, 0.2) is 4.33 Å². The first-order valence-corrected chi connectivity index (χ1v) is 3.95. The van der Waals surface area contributed by atoms with E-state index < -0.39 is 27.5 Å². The molecule has 0 aromatic rings. The molecule has 0 aliphatic heterocycles.